The number of nitrogens with zero attached hydrogens (tertiary/aromatic N) is 2. The number of allylic oxidation sites excluding steroid dienone is 1. The number of benzene rings is 2. The Morgan fingerprint density at radius 2 is 1.66 bits per heavy atom. The van der Waals surface area contributed by atoms with E-state index in [4.69, 9.17) is 18.6 Å². The summed E-state index contributed by atoms with van der Waals surface area (Å²) in [5.74, 6) is 0.805. The van der Waals surface area contributed by atoms with Crippen LogP contribution < -0.4 is 19.6 Å². The number of carbonyl (C=O) groups excluding carboxylic acids is 2. The normalized spacial score (nSPS) is 14.8. The van der Waals surface area contributed by atoms with E-state index in [0.29, 0.717) is 50.0 Å². The van der Waals surface area contributed by atoms with E-state index in [2.05, 4.69) is 4.99 Å². The van der Waals surface area contributed by atoms with Gasteiger partial charge in [-0.15, -0.1) is 0 Å². The van der Waals surface area contributed by atoms with Crippen molar-refractivity contribution in [3.05, 3.63) is 109 Å². The number of hydrogen-bond donors (Lipinski definition) is 0. The summed E-state index contributed by atoms with van der Waals surface area (Å²) in [6.45, 7) is 5.73. The maximum absolute atomic E-state index is 13.8. The zero-order valence-corrected chi connectivity index (χ0v) is 23.8. The number of furan rings is 1. The first-order valence-electron chi connectivity index (χ1n) is 13.1. The van der Waals surface area contributed by atoms with Gasteiger partial charge in [0.1, 0.15) is 17.3 Å². The molecule has 0 N–H and O–H groups in total. The van der Waals surface area contributed by atoms with Crippen LogP contribution in [-0.2, 0) is 14.3 Å². The largest absolute Gasteiger partial charge is 0.497 e. The Hall–Kier alpha value is -4.70. The predicted molar refractivity (Wildman–Crippen MR) is 153 cm³/mol. The standard InChI is InChI=1S/C31H28N2O7S/c1-5-38-29(35)21-9-7-19(8-10-21)24-16-15-23(40-24)17-25-28(34)33-27(20-11-13-22(37-4)14-12-20)26(30(36)39-6-2)18(3)32-31(33)41-25/h7-17,27H,5-6H2,1-4H3/b25-17+/t27-/m0/s1. The second-order valence-electron chi connectivity index (χ2n) is 9.08. The number of carbonyl (C=O) groups is 2. The Labute approximate surface area is 239 Å². The molecular weight excluding hydrogens is 544 g/mol. The van der Waals surface area contributed by atoms with Crippen LogP contribution in [0.3, 0.4) is 0 Å². The molecule has 0 radical (unpaired) electrons. The van der Waals surface area contributed by atoms with Gasteiger partial charge >= 0.3 is 11.9 Å². The Kier molecular flexibility index (Phi) is 8.02. The van der Waals surface area contributed by atoms with E-state index in [1.165, 1.54) is 15.9 Å². The van der Waals surface area contributed by atoms with Crippen molar-refractivity contribution >= 4 is 29.4 Å². The molecule has 0 bridgehead atoms. The first-order valence-corrected chi connectivity index (χ1v) is 13.9. The SMILES string of the molecule is CCOC(=O)C1=C(C)N=c2s/c(=C/c3ccc(-c4ccc(C(=O)OCC)cc4)o3)c(=O)n2[C@H]1c1ccc(OC)cc1. The maximum Gasteiger partial charge on any atom is 0.338 e. The Morgan fingerprint density at radius 1 is 0.976 bits per heavy atom. The monoisotopic (exact) mass is 572 g/mol. The Morgan fingerprint density at radius 3 is 2.32 bits per heavy atom. The van der Waals surface area contributed by atoms with Crippen LogP contribution in [0.25, 0.3) is 17.4 Å². The first-order chi connectivity index (χ1) is 19.8. The van der Waals surface area contributed by atoms with E-state index in [1.807, 2.05) is 12.1 Å². The predicted octanol–water partition coefficient (Wildman–Crippen LogP) is 4.24. The van der Waals surface area contributed by atoms with E-state index in [-0.39, 0.29) is 18.1 Å². The highest BCUT2D eigenvalue weighted by atomic mass is 32.1. The van der Waals surface area contributed by atoms with Gasteiger partial charge in [0.15, 0.2) is 4.80 Å². The van der Waals surface area contributed by atoms with Crippen LogP contribution in [0.15, 0.2) is 86.1 Å². The number of ether oxygens (including phenoxy) is 3. The number of rotatable bonds is 8. The van der Waals surface area contributed by atoms with Crippen molar-refractivity contribution in [3.8, 4) is 17.1 Å². The summed E-state index contributed by atoms with van der Waals surface area (Å²) in [6.07, 6.45) is 1.66. The second-order valence-corrected chi connectivity index (χ2v) is 10.1. The molecule has 10 heteroatoms. The maximum atomic E-state index is 13.8. The van der Waals surface area contributed by atoms with Crippen LogP contribution in [0.2, 0.25) is 0 Å². The van der Waals surface area contributed by atoms with Gasteiger partial charge in [-0.25, -0.2) is 14.6 Å². The van der Waals surface area contributed by atoms with Crippen LogP contribution in [0.4, 0.5) is 0 Å². The molecule has 3 heterocycles. The second kappa shape index (κ2) is 11.8. The van der Waals surface area contributed by atoms with Gasteiger partial charge in [0, 0.05) is 11.6 Å². The van der Waals surface area contributed by atoms with Crippen molar-refractivity contribution in [2.75, 3.05) is 20.3 Å². The van der Waals surface area contributed by atoms with Crippen LogP contribution >= 0.6 is 11.3 Å². The van der Waals surface area contributed by atoms with Crippen molar-refractivity contribution < 1.29 is 28.2 Å². The minimum atomic E-state index is -0.719. The molecule has 1 aliphatic rings. The summed E-state index contributed by atoms with van der Waals surface area (Å²) >= 11 is 1.21. The van der Waals surface area contributed by atoms with Crippen LogP contribution in [0, 0.1) is 0 Å². The Bertz CT molecular complexity index is 1810. The van der Waals surface area contributed by atoms with Gasteiger partial charge in [-0.3, -0.25) is 9.36 Å². The van der Waals surface area contributed by atoms with Gasteiger partial charge in [0.2, 0.25) is 0 Å². The van der Waals surface area contributed by atoms with Gasteiger partial charge in [-0.05, 0) is 62.7 Å². The van der Waals surface area contributed by atoms with Gasteiger partial charge in [-0.2, -0.15) is 0 Å². The van der Waals surface area contributed by atoms with Gasteiger partial charge in [0.25, 0.3) is 5.56 Å². The lowest BCUT2D eigenvalue weighted by Gasteiger charge is -2.24. The van der Waals surface area contributed by atoms with E-state index in [1.54, 1.807) is 82.5 Å². The van der Waals surface area contributed by atoms with Crippen LogP contribution in [0.5, 0.6) is 5.75 Å². The molecule has 0 aliphatic carbocycles. The number of methoxy groups -OCH3 is 1. The fourth-order valence-corrected chi connectivity index (χ4v) is 5.62. The van der Waals surface area contributed by atoms with Crippen molar-refractivity contribution in [2.45, 2.75) is 26.8 Å². The third kappa shape index (κ3) is 5.51. The highest BCUT2D eigenvalue weighted by Gasteiger charge is 2.33. The summed E-state index contributed by atoms with van der Waals surface area (Å²) in [6, 6.07) is 17.0. The van der Waals surface area contributed by atoms with Crippen LogP contribution in [-0.4, -0.2) is 36.8 Å². The number of aromatic nitrogens is 1. The quantitative estimate of drug-likeness (QED) is 0.291. The molecule has 210 valence electrons. The Balaban J connectivity index is 1.54. The van der Waals surface area contributed by atoms with E-state index < -0.39 is 12.0 Å². The van der Waals surface area contributed by atoms with Crippen molar-refractivity contribution in [1.29, 1.82) is 0 Å². The first kappa shape index (κ1) is 27.9. The van der Waals surface area contributed by atoms with E-state index in [0.717, 1.165) is 11.1 Å². The number of hydrogen-bond acceptors (Lipinski definition) is 9. The molecule has 5 rings (SSSR count). The molecule has 41 heavy (non-hydrogen) atoms. The number of esters is 2. The molecule has 1 aliphatic heterocycles. The zero-order valence-electron chi connectivity index (χ0n) is 23.0. The van der Waals surface area contributed by atoms with Crippen molar-refractivity contribution in [2.24, 2.45) is 4.99 Å². The third-order valence-corrected chi connectivity index (χ3v) is 7.51. The molecule has 0 unspecified atom stereocenters. The van der Waals surface area contributed by atoms with Crippen molar-refractivity contribution in [1.82, 2.24) is 4.57 Å². The molecule has 1 atom stereocenters. The minimum Gasteiger partial charge on any atom is -0.497 e. The third-order valence-electron chi connectivity index (χ3n) is 6.53. The smallest absolute Gasteiger partial charge is 0.338 e. The topological polar surface area (TPSA) is 109 Å². The summed E-state index contributed by atoms with van der Waals surface area (Å²) in [5, 5.41) is 0. The highest BCUT2D eigenvalue weighted by molar-refractivity contribution is 7.07. The van der Waals surface area contributed by atoms with E-state index >= 15 is 0 Å². The number of fused-ring (bicyclic) bond motifs is 1. The van der Waals surface area contributed by atoms with Crippen molar-refractivity contribution in [3.63, 3.8) is 0 Å². The molecule has 2 aromatic heterocycles. The van der Waals surface area contributed by atoms with Gasteiger partial charge in [-0.1, -0.05) is 35.6 Å². The molecule has 0 saturated heterocycles. The lowest BCUT2D eigenvalue weighted by molar-refractivity contribution is -0.139. The van der Waals surface area contributed by atoms with Gasteiger partial charge in [0.05, 0.1) is 47.7 Å². The summed E-state index contributed by atoms with van der Waals surface area (Å²) in [4.78, 5) is 43.8. The fourth-order valence-electron chi connectivity index (χ4n) is 4.59. The summed E-state index contributed by atoms with van der Waals surface area (Å²) < 4.78 is 23.6. The lowest BCUT2D eigenvalue weighted by Crippen LogP contribution is -2.39. The van der Waals surface area contributed by atoms with Crippen LogP contribution in [0.1, 0.15) is 48.5 Å². The molecule has 0 amide bonds. The molecule has 0 spiro atoms. The highest BCUT2D eigenvalue weighted by Crippen LogP contribution is 2.31. The number of thiazole rings is 1. The molecular formula is C31H28N2O7S. The zero-order chi connectivity index (χ0) is 29.1. The molecule has 0 saturated carbocycles. The fraction of sp³-hybridized carbons (Fsp3) is 0.226. The molecule has 0 fully saturated rings. The molecule has 2 aromatic carbocycles. The summed E-state index contributed by atoms with van der Waals surface area (Å²) in [5.41, 5.74) is 2.44. The van der Waals surface area contributed by atoms with Gasteiger partial charge < -0.3 is 18.6 Å². The summed E-state index contributed by atoms with van der Waals surface area (Å²) in [7, 11) is 1.57. The molecule has 9 nitrogen and oxygen atoms in total. The lowest BCUT2D eigenvalue weighted by atomic mass is 9.96. The molecule has 4 aromatic rings. The average Bonchev–Trinajstić information content (AvgIpc) is 3.57. The average molecular weight is 573 g/mol. The minimum absolute atomic E-state index is 0.196. The van der Waals surface area contributed by atoms with E-state index in [9.17, 15) is 14.4 Å².